The number of allylic oxidation sites excluding steroid dienone is 2. The van der Waals surface area contributed by atoms with Crippen LogP contribution in [-0.2, 0) is 71.1 Å². The van der Waals surface area contributed by atoms with Gasteiger partial charge < -0.3 is 158 Å². The fourth-order valence-electron chi connectivity index (χ4n) is 19.0. The highest BCUT2D eigenvalue weighted by molar-refractivity contribution is 5.74. The highest BCUT2D eigenvalue weighted by atomic mass is 16.8. The summed E-state index contributed by atoms with van der Waals surface area (Å²) < 4.78 is 85.9. The third kappa shape index (κ3) is 12.7. The molecule has 8 aliphatic heterocycles. The second-order valence-corrected chi connectivity index (χ2v) is 30.2. The number of aliphatic hydroxyl groups is 18. The van der Waals surface area contributed by atoms with Crippen LogP contribution in [0.5, 0.6) is 0 Å². The monoisotopic (exact) mass is 1400 g/mol. The number of carbonyl (C=O) groups is 1. The lowest BCUT2D eigenvalue weighted by Crippen LogP contribution is -2.69. The predicted molar refractivity (Wildman–Crippen MR) is 317 cm³/mol. The van der Waals surface area contributed by atoms with E-state index < -0.39 is 234 Å². The van der Waals surface area contributed by atoms with Gasteiger partial charge in [0.15, 0.2) is 37.7 Å². The second kappa shape index (κ2) is 28.4. The highest BCUT2D eigenvalue weighted by Crippen LogP contribution is 2.72. The Morgan fingerprint density at radius 3 is 1.66 bits per heavy atom. The van der Waals surface area contributed by atoms with E-state index in [1.165, 1.54) is 18.1 Å². The average Bonchev–Trinajstić information content (AvgIpc) is 1.57. The summed E-state index contributed by atoms with van der Waals surface area (Å²) >= 11 is 0. The van der Waals surface area contributed by atoms with Crippen LogP contribution in [0.3, 0.4) is 0 Å². The molecule has 0 bridgehead atoms. The number of rotatable bonds is 17. The van der Waals surface area contributed by atoms with Crippen molar-refractivity contribution in [1.29, 1.82) is 0 Å². The van der Waals surface area contributed by atoms with Gasteiger partial charge in [-0.2, -0.15) is 0 Å². The smallest absolute Gasteiger partial charge is 0.311 e. The number of aliphatic hydroxyl groups excluding tert-OH is 18. The van der Waals surface area contributed by atoms with Gasteiger partial charge in [0, 0.05) is 23.7 Å². The van der Waals surface area contributed by atoms with Gasteiger partial charge in [0.1, 0.15) is 134 Å². The van der Waals surface area contributed by atoms with Gasteiger partial charge in [-0.3, -0.25) is 4.79 Å². The summed E-state index contributed by atoms with van der Waals surface area (Å²) in [6.45, 7) is 7.38. The van der Waals surface area contributed by atoms with Crippen LogP contribution >= 0.6 is 0 Å². The van der Waals surface area contributed by atoms with E-state index in [-0.39, 0.29) is 47.1 Å². The Bertz CT molecular complexity index is 2750. The van der Waals surface area contributed by atoms with E-state index in [9.17, 15) is 96.7 Å². The standard InChI is InChI=1S/C64H102O33/c1-23-15-63(96-53(23)83)16-24(2)64(97-63)14-10-28-26-7-8-34-60(4,27(26)9-13-62(28,64)6)12-11-35(61(34,5)22-68)91-55-47(81)44(78)40(74)33(90-55)21-85-57-50(37(71)29(69)20-84-57)94-59-52(95-54-46(80)42(76)36(70)25(3)86-54)49(41(75)32(19-67)89-59)92-58-51(45(79)39(73)31(18-66)88-58)93-56-48(82)43(77)38(72)30(17-65)87-56/h23-25,28-52,54-59,65-82H,7-22H2,1-6H3/t23-,24-,25+,28+,29+,30-,31-,32-,33-,34-,35+,36+,37+,38+,39+,40-,41-,42-,43+,44+,45+,46-,47-,48-,49+,50-,51-,52-,54+,55+,56+,57+,58+,59+,60-,61?,62+,63+,64+/m1/s1. The summed E-state index contributed by atoms with van der Waals surface area (Å²) in [4.78, 5) is 12.7. The molecule has 2 spiro atoms. The molecule has 33 heteroatoms. The minimum absolute atomic E-state index is 0.111. The van der Waals surface area contributed by atoms with Gasteiger partial charge in [-0.1, -0.05) is 45.8 Å². The van der Waals surface area contributed by atoms with Gasteiger partial charge in [0.2, 0.25) is 5.79 Å². The van der Waals surface area contributed by atoms with E-state index in [0.29, 0.717) is 32.1 Å². The van der Waals surface area contributed by atoms with Crippen molar-refractivity contribution in [2.75, 3.05) is 39.6 Å². The van der Waals surface area contributed by atoms with Crippen molar-refractivity contribution in [2.24, 2.45) is 39.9 Å². The van der Waals surface area contributed by atoms with Gasteiger partial charge in [-0.05, 0) is 81.5 Å². The topological polar surface area (TPSA) is 510 Å². The largest absolute Gasteiger partial charge is 0.433 e. The number of carbonyl (C=O) groups excluding carboxylic acids is 1. The van der Waals surface area contributed by atoms with Crippen molar-refractivity contribution in [3.63, 3.8) is 0 Å². The van der Waals surface area contributed by atoms with E-state index in [2.05, 4.69) is 20.8 Å². The lowest BCUT2D eigenvalue weighted by Gasteiger charge is -2.61. The molecule has 33 nitrogen and oxygen atoms in total. The van der Waals surface area contributed by atoms with Crippen LogP contribution in [0.25, 0.3) is 0 Å². The van der Waals surface area contributed by atoms with Crippen molar-refractivity contribution in [2.45, 2.75) is 301 Å². The van der Waals surface area contributed by atoms with Crippen LogP contribution in [0.2, 0.25) is 0 Å². The summed E-state index contributed by atoms with van der Waals surface area (Å²) in [7, 11) is 0. The van der Waals surface area contributed by atoms with Crippen LogP contribution in [0.15, 0.2) is 11.1 Å². The fraction of sp³-hybridized carbons (Fsp3) is 0.953. The molecular formula is C64H102O33. The molecule has 8 heterocycles. The van der Waals surface area contributed by atoms with Crippen LogP contribution in [-0.4, -0.2) is 333 Å². The summed E-state index contributed by atoms with van der Waals surface area (Å²) in [5.74, 6) is -1.06. The third-order valence-corrected chi connectivity index (χ3v) is 24.6. The van der Waals surface area contributed by atoms with Crippen LogP contribution in [0, 0.1) is 39.9 Å². The summed E-state index contributed by atoms with van der Waals surface area (Å²) in [5.41, 5.74) is 0.898. The number of esters is 1. The predicted octanol–water partition coefficient (Wildman–Crippen LogP) is -6.25. The van der Waals surface area contributed by atoms with Crippen LogP contribution in [0.4, 0.5) is 0 Å². The van der Waals surface area contributed by atoms with Crippen molar-refractivity contribution in [1.82, 2.24) is 0 Å². The second-order valence-electron chi connectivity index (χ2n) is 30.2. The first kappa shape index (κ1) is 74.7. The molecule has 39 atom stereocenters. The average molecular weight is 1400 g/mol. The highest BCUT2D eigenvalue weighted by Gasteiger charge is 2.72. The molecular weight excluding hydrogens is 1300 g/mol. The Balaban J connectivity index is 0.767. The molecule has 0 aromatic carbocycles. The lowest BCUT2D eigenvalue weighted by atomic mass is 9.45. The van der Waals surface area contributed by atoms with Crippen LogP contribution in [0.1, 0.15) is 106 Å². The van der Waals surface area contributed by atoms with Crippen molar-refractivity contribution < 1.29 is 163 Å². The zero-order valence-electron chi connectivity index (χ0n) is 55.1. The van der Waals surface area contributed by atoms with Crippen molar-refractivity contribution in [3.05, 3.63) is 11.1 Å². The Kier molecular flexibility index (Phi) is 21.9. The first-order valence-corrected chi connectivity index (χ1v) is 34.2. The molecule has 8 saturated heterocycles. The van der Waals surface area contributed by atoms with Crippen molar-refractivity contribution >= 4 is 5.97 Å². The van der Waals surface area contributed by atoms with Gasteiger partial charge in [-0.25, -0.2) is 0 Å². The van der Waals surface area contributed by atoms with Gasteiger partial charge >= 0.3 is 5.97 Å². The Morgan fingerprint density at radius 2 is 1.03 bits per heavy atom. The maximum absolute atomic E-state index is 12.7. The van der Waals surface area contributed by atoms with Crippen molar-refractivity contribution in [3.8, 4) is 0 Å². The number of hydrogen-bond acceptors (Lipinski definition) is 33. The Hall–Kier alpha value is -2.03. The molecule has 0 aromatic rings. The lowest BCUT2D eigenvalue weighted by molar-refractivity contribution is -0.414. The number of hydrogen-bond donors (Lipinski definition) is 18. The van der Waals surface area contributed by atoms with E-state index in [1.54, 1.807) is 0 Å². The molecule has 2 saturated carbocycles. The van der Waals surface area contributed by atoms with Crippen LogP contribution < -0.4 is 0 Å². The van der Waals surface area contributed by atoms with Gasteiger partial charge in [0.25, 0.3) is 0 Å². The Labute approximate surface area is 559 Å². The molecule has 97 heavy (non-hydrogen) atoms. The maximum Gasteiger partial charge on any atom is 0.311 e. The normalized spacial score (nSPS) is 55.6. The first-order valence-electron chi connectivity index (χ1n) is 34.2. The minimum atomic E-state index is -2.16. The minimum Gasteiger partial charge on any atom is -0.433 e. The zero-order chi connectivity index (χ0) is 70.1. The molecule has 0 amide bonds. The molecule has 556 valence electrons. The molecule has 12 aliphatic rings. The van der Waals surface area contributed by atoms with E-state index in [0.717, 1.165) is 32.1 Å². The van der Waals surface area contributed by atoms with E-state index >= 15 is 0 Å². The van der Waals surface area contributed by atoms with Gasteiger partial charge in [0.05, 0.1) is 63.4 Å². The molecule has 18 N–H and O–H groups in total. The summed E-state index contributed by atoms with van der Waals surface area (Å²) in [6, 6.07) is 0. The molecule has 0 radical (unpaired) electrons. The zero-order valence-corrected chi connectivity index (χ0v) is 55.1. The summed E-state index contributed by atoms with van der Waals surface area (Å²) in [6.07, 6.45) is -48.8. The maximum atomic E-state index is 12.7. The quantitative estimate of drug-likeness (QED) is 0.0476. The number of fused-ring (bicyclic) bond motifs is 5. The molecule has 4 aliphatic carbocycles. The fourth-order valence-corrected chi connectivity index (χ4v) is 19.0. The Morgan fingerprint density at radius 1 is 0.495 bits per heavy atom. The molecule has 1 unspecified atom stereocenters. The SMILES string of the molecule is C[C@@H]1C[C@]2(C[C@@H](C)[C@]3(CC[C@H]4C5=C(CC[C@@]43C)[C@@]3(C)CC[C@H](O[C@@H]4O[C@H](CO[C@@H]6OC[C@H](O)[C@H](O)[C@H]6O[C@@H]6O[C@H](CO)[C@@H](O)[C@H](O[C@@H]7O[C@H](CO)[C@H](O)[C@H](O)[C@H]7O[C@@H]7O[C@H](CO)[C@H](O)[C@H](O)[C@H]7O)[C@H]6O[C@@H]6O[C@@H](C)[C@H](O)[C@@H](O)[C@H]6O)[C@@H](O)[C@H](O)[C@H]4O)C(C)(CO)[C@@H]3CC5)O2)OC1=O. The number of ether oxygens (including phenoxy) is 14. The summed E-state index contributed by atoms with van der Waals surface area (Å²) in [5, 5.41) is 199. The molecule has 12 rings (SSSR count). The third-order valence-electron chi connectivity index (χ3n) is 24.6. The molecule has 10 fully saturated rings. The first-order chi connectivity index (χ1) is 45.8. The molecule has 0 aromatic heterocycles. The van der Waals surface area contributed by atoms with Gasteiger partial charge in [-0.15, -0.1) is 0 Å². The van der Waals surface area contributed by atoms with E-state index in [1.807, 2.05) is 13.8 Å². The van der Waals surface area contributed by atoms with E-state index in [4.69, 9.17) is 66.3 Å².